The van der Waals surface area contributed by atoms with Crippen LogP contribution in [0.5, 0.6) is 0 Å². The highest BCUT2D eigenvalue weighted by Crippen LogP contribution is 2.40. The summed E-state index contributed by atoms with van der Waals surface area (Å²) in [5.74, 6) is -0.223. The van der Waals surface area contributed by atoms with E-state index >= 15 is 0 Å². The zero-order chi connectivity index (χ0) is 22.3. The van der Waals surface area contributed by atoms with E-state index in [1.165, 1.54) is 24.2 Å². The van der Waals surface area contributed by atoms with Crippen molar-refractivity contribution < 1.29 is 9.63 Å². The fraction of sp³-hybridized carbons (Fsp3) is 0.231. The van der Waals surface area contributed by atoms with E-state index in [4.69, 9.17) is 15.6 Å². The topological polar surface area (TPSA) is 72.9 Å². The van der Waals surface area contributed by atoms with Gasteiger partial charge in [0, 0.05) is 35.5 Å². The number of nitrogens with two attached hydrogens (primary N) is 1. The molecule has 0 atom stereocenters. The van der Waals surface area contributed by atoms with Crippen molar-refractivity contribution in [2.24, 2.45) is 5.73 Å². The molecule has 162 valence electrons. The van der Waals surface area contributed by atoms with Crippen LogP contribution in [-0.2, 0) is 10.4 Å². The Morgan fingerprint density at radius 1 is 1.06 bits per heavy atom. The molecule has 5 rings (SSSR count). The number of carbonyl (C=O) groups is 1. The third kappa shape index (κ3) is 3.38. The molecule has 4 aromatic rings. The molecule has 0 spiro atoms. The van der Waals surface area contributed by atoms with E-state index in [1.54, 1.807) is 19.2 Å². The summed E-state index contributed by atoms with van der Waals surface area (Å²) in [7, 11) is 3.06. The van der Waals surface area contributed by atoms with E-state index < -0.39 is 0 Å². The lowest BCUT2D eigenvalue weighted by Crippen LogP contribution is -2.43. The molecule has 1 aliphatic carbocycles. The molecule has 0 radical (unpaired) electrons. The second-order valence-corrected chi connectivity index (χ2v) is 8.39. The molecule has 2 heterocycles. The maximum Gasteiger partial charge on any atom is 0.277 e. The van der Waals surface area contributed by atoms with Crippen molar-refractivity contribution in [2.75, 3.05) is 14.2 Å². The van der Waals surface area contributed by atoms with Crippen molar-refractivity contribution in [3.63, 3.8) is 0 Å². The second kappa shape index (κ2) is 7.89. The van der Waals surface area contributed by atoms with Crippen LogP contribution in [0.4, 0.5) is 0 Å². The minimum absolute atomic E-state index is 0.192. The number of carbonyl (C=O) groups excluding carboxylic acids is 1. The average Bonchev–Trinajstić information content (AvgIpc) is 3.21. The molecule has 1 amide bonds. The molecule has 32 heavy (non-hydrogen) atoms. The lowest BCUT2D eigenvalue weighted by Gasteiger charge is -2.38. The highest BCUT2D eigenvalue weighted by atomic mass is 16.7. The SMILES string of the molecule is CON(C)C(=O)c1ccn2c(-c3ccccc3)c(-c3ccc(C4(N)CCC4)cc3)nc2c1. The third-order valence-corrected chi connectivity index (χ3v) is 6.46. The minimum atomic E-state index is -0.223. The van der Waals surface area contributed by atoms with Gasteiger partial charge in [0.15, 0.2) is 0 Å². The first-order valence-electron chi connectivity index (χ1n) is 10.8. The molecule has 6 heteroatoms. The molecule has 2 aromatic carbocycles. The molecule has 1 fully saturated rings. The molecule has 0 saturated heterocycles. The first kappa shape index (κ1) is 20.4. The van der Waals surface area contributed by atoms with Crippen LogP contribution < -0.4 is 5.73 Å². The van der Waals surface area contributed by atoms with Gasteiger partial charge in [-0.15, -0.1) is 0 Å². The van der Waals surface area contributed by atoms with Crippen molar-refractivity contribution >= 4 is 11.6 Å². The fourth-order valence-electron chi connectivity index (χ4n) is 4.32. The summed E-state index contributed by atoms with van der Waals surface area (Å²) in [6, 6.07) is 22.2. The summed E-state index contributed by atoms with van der Waals surface area (Å²) >= 11 is 0. The van der Waals surface area contributed by atoms with E-state index in [0.717, 1.165) is 35.4 Å². The lowest BCUT2D eigenvalue weighted by atomic mass is 9.72. The first-order valence-corrected chi connectivity index (χ1v) is 10.8. The summed E-state index contributed by atoms with van der Waals surface area (Å²) in [6.07, 6.45) is 5.13. The van der Waals surface area contributed by atoms with Crippen LogP contribution in [0.2, 0.25) is 0 Å². The predicted octanol–water partition coefficient (Wildman–Crippen LogP) is 4.64. The van der Waals surface area contributed by atoms with Gasteiger partial charge in [0.25, 0.3) is 5.91 Å². The number of amides is 1. The van der Waals surface area contributed by atoms with Gasteiger partial charge in [-0.25, -0.2) is 10.0 Å². The third-order valence-electron chi connectivity index (χ3n) is 6.46. The smallest absolute Gasteiger partial charge is 0.277 e. The van der Waals surface area contributed by atoms with Gasteiger partial charge in [0.1, 0.15) is 5.65 Å². The molecule has 0 aliphatic heterocycles. The van der Waals surface area contributed by atoms with Gasteiger partial charge in [0.05, 0.1) is 18.5 Å². The van der Waals surface area contributed by atoms with Crippen molar-refractivity contribution in [1.82, 2.24) is 14.4 Å². The lowest BCUT2D eigenvalue weighted by molar-refractivity contribution is -0.0756. The van der Waals surface area contributed by atoms with Crippen molar-refractivity contribution in [3.05, 3.63) is 84.1 Å². The number of pyridine rings is 1. The molecule has 2 N–H and O–H groups in total. The van der Waals surface area contributed by atoms with Crippen LogP contribution >= 0.6 is 0 Å². The van der Waals surface area contributed by atoms with Crippen molar-refractivity contribution in [3.8, 4) is 22.5 Å². The zero-order valence-corrected chi connectivity index (χ0v) is 18.3. The molecule has 1 saturated carbocycles. The van der Waals surface area contributed by atoms with E-state index in [2.05, 4.69) is 36.4 Å². The number of fused-ring (bicyclic) bond motifs is 1. The standard InChI is InChI=1S/C26H26N4O2/c1-29(32-2)25(31)20-13-16-30-22(17-20)28-23(24(30)19-7-4-3-5-8-19)18-9-11-21(12-10-18)26(27)14-6-15-26/h3-5,7-13,16-17H,6,14-15,27H2,1-2H3. The van der Waals surface area contributed by atoms with Crippen LogP contribution in [-0.4, -0.2) is 34.5 Å². The summed E-state index contributed by atoms with van der Waals surface area (Å²) in [4.78, 5) is 22.5. The first-order chi connectivity index (χ1) is 15.5. The van der Waals surface area contributed by atoms with E-state index in [9.17, 15) is 4.79 Å². The average molecular weight is 427 g/mol. The molecule has 0 unspecified atom stereocenters. The summed E-state index contributed by atoms with van der Waals surface area (Å²) in [5.41, 5.74) is 12.6. The highest BCUT2D eigenvalue weighted by Gasteiger charge is 2.34. The van der Waals surface area contributed by atoms with Crippen LogP contribution in [0.3, 0.4) is 0 Å². The summed E-state index contributed by atoms with van der Waals surface area (Å²) < 4.78 is 2.03. The number of hydroxylamine groups is 2. The Morgan fingerprint density at radius 2 is 1.78 bits per heavy atom. The number of imidazole rings is 1. The summed E-state index contributed by atoms with van der Waals surface area (Å²) in [5, 5.41) is 1.20. The maximum atomic E-state index is 12.6. The Balaban J connectivity index is 1.64. The number of hydrogen-bond donors (Lipinski definition) is 1. The van der Waals surface area contributed by atoms with Gasteiger partial charge >= 0.3 is 0 Å². The monoisotopic (exact) mass is 426 g/mol. The van der Waals surface area contributed by atoms with Gasteiger partial charge in [-0.2, -0.15) is 0 Å². The quantitative estimate of drug-likeness (QED) is 0.472. The van der Waals surface area contributed by atoms with E-state index in [-0.39, 0.29) is 11.4 Å². The van der Waals surface area contributed by atoms with Gasteiger partial charge in [-0.1, -0.05) is 54.6 Å². The molecule has 1 aliphatic rings. The Hall–Kier alpha value is -3.48. The largest absolute Gasteiger partial charge is 0.321 e. The van der Waals surface area contributed by atoms with Gasteiger partial charge in [0.2, 0.25) is 0 Å². The van der Waals surface area contributed by atoms with E-state index in [0.29, 0.717) is 11.2 Å². The Morgan fingerprint density at radius 3 is 2.41 bits per heavy atom. The van der Waals surface area contributed by atoms with Crippen molar-refractivity contribution in [2.45, 2.75) is 24.8 Å². The normalized spacial score (nSPS) is 14.8. The van der Waals surface area contributed by atoms with Crippen LogP contribution in [0.1, 0.15) is 35.2 Å². The molecular weight excluding hydrogens is 400 g/mol. The molecule has 2 aromatic heterocycles. The van der Waals surface area contributed by atoms with Crippen LogP contribution in [0.15, 0.2) is 72.9 Å². The van der Waals surface area contributed by atoms with Gasteiger partial charge < -0.3 is 5.73 Å². The van der Waals surface area contributed by atoms with Gasteiger partial charge in [-0.3, -0.25) is 14.0 Å². The summed E-state index contributed by atoms with van der Waals surface area (Å²) in [6.45, 7) is 0. The Bertz CT molecular complexity index is 1270. The number of aromatic nitrogens is 2. The Kier molecular flexibility index (Phi) is 5.04. The predicted molar refractivity (Wildman–Crippen MR) is 125 cm³/mol. The minimum Gasteiger partial charge on any atom is -0.321 e. The number of rotatable bonds is 5. The Labute approximate surface area is 187 Å². The number of benzene rings is 2. The number of hydrogen-bond acceptors (Lipinski definition) is 4. The number of nitrogens with zero attached hydrogens (tertiary/aromatic N) is 3. The highest BCUT2D eigenvalue weighted by molar-refractivity contribution is 5.95. The van der Waals surface area contributed by atoms with Crippen LogP contribution in [0.25, 0.3) is 28.2 Å². The molecule has 0 bridgehead atoms. The van der Waals surface area contributed by atoms with Crippen molar-refractivity contribution in [1.29, 1.82) is 0 Å². The van der Waals surface area contributed by atoms with E-state index in [1.807, 2.05) is 28.8 Å². The maximum absolute atomic E-state index is 12.6. The second-order valence-electron chi connectivity index (χ2n) is 8.39. The molecule has 6 nitrogen and oxygen atoms in total. The van der Waals surface area contributed by atoms with Gasteiger partial charge in [-0.05, 0) is 37.0 Å². The fourth-order valence-corrected chi connectivity index (χ4v) is 4.32. The van der Waals surface area contributed by atoms with Crippen LogP contribution in [0, 0.1) is 0 Å². The molecular formula is C26H26N4O2. The zero-order valence-electron chi connectivity index (χ0n) is 18.3.